The van der Waals surface area contributed by atoms with Gasteiger partial charge >= 0.3 is 0 Å². The van der Waals surface area contributed by atoms with Gasteiger partial charge in [0, 0.05) is 37.4 Å². The van der Waals surface area contributed by atoms with E-state index in [0.717, 1.165) is 63.1 Å². The van der Waals surface area contributed by atoms with Crippen molar-refractivity contribution >= 4 is 17.5 Å². The number of rotatable bonds is 4. The number of piperidine rings is 1. The zero-order valence-electron chi connectivity index (χ0n) is 15.0. The third-order valence-electron chi connectivity index (χ3n) is 5.18. The Kier molecular flexibility index (Phi) is 6.31. The summed E-state index contributed by atoms with van der Waals surface area (Å²) in [5.74, 6) is 0.280. The molecule has 2 heterocycles. The molecule has 25 heavy (non-hydrogen) atoms. The van der Waals surface area contributed by atoms with Gasteiger partial charge in [0.2, 0.25) is 5.91 Å². The maximum Gasteiger partial charge on any atom is 0.253 e. The fourth-order valence-corrected chi connectivity index (χ4v) is 3.62. The highest BCUT2D eigenvalue weighted by Gasteiger charge is 2.18. The van der Waals surface area contributed by atoms with Gasteiger partial charge in [-0.15, -0.1) is 0 Å². The van der Waals surface area contributed by atoms with Gasteiger partial charge in [-0.1, -0.05) is 12.8 Å². The van der Waals surface area contributed by atoms with Gasteiger partial charge in [0.05, 0.1) is 6.54 Å². The third kappa shape index (κ3) is 4.97. The summed E-state index contributed by atoms with van der Waals surface area (Å²) in [6.45, 7) is 3.80. The van der Waals surface area contributed by atoms with Crippen LogP contribution in [0.25, 0.3) is 0 Å². The standard InChI is InChI=1S/C20H29N3O2/c24-19(22-12-4-1-2-5-13-22)16-21-18-10-8-17(9-11-18)20(25)23-14-6-3-7-15-23/h8-11,21H,1-7,12-16H2. The minimum Gasteiger partial charge on any atom is -0.376 e. The van der Waals surface area contributed by atoms with E-state index in [2.05, 4.69) is 5.32 Å². The Hall–Kier alpha value is -2.04. The molecule has 1 N–H and O–H groups in total. The summed E-state index contributed by atoms with van der Waals surface area (Å²) in [5, 5.41) is 3.19. The molecule has 3 rings (SSSR count). The quantitative estimate of drug-likeness (QED) is 0.914. The molecule has 0 aliphatic carbocycles. The molecular weight excluding hydrogens is 314 g/mol. The third-order valence-corrected chi connectivity index (χ3v) is 5.18. The van der Waals surface area contributed by atoms with Crippen molar-refractivity contribution < 1.29 is 9.59 Å². The van der Waals surface area contributed by atoms with E-state index in [-0.39, 0.29) is 11.8 Å². The molecule has 5 nitrogen and oxygen atoms in total. The molecule has 2 saturated heterocycles. The first-order chi connectivity index (χ1) is 12.2. The number of benzene rings is 1. The lowest BCUT2D eigenvalue weighted by Crippen LogP contribution is -2.36. The molecule has 0 aromatic heterocycles. The Balaban J connectivity index is 1.50. The second-order valence-electron chi connectivity index (χ2n) is 7.08. The van der Waals surface area contributed by atoms with Crippen LogP contribution in [0, 0.1) is 0 Å². The van der Waals surface area contributed by atoms with Crippen molar-refractivity contribution in [2.24, 2.45) is 0 Å². The predicted molar refractivity (Wildman–Crippen MR) is 99.7 cm³/mol. The van der Waals surface area contributed by atoms with Crippen molar-refractivity contribution in [3.63, 3.8) is 0 Å². The number of carbonyl (C=O) groups excluding carboxylic acids is 2. The summed E-state index contributed by atoms with van der Waals surface area (Å²) in [5.41, 5.74) is 1.62. The van der Waals surface area contributed by atoms with Crippen LogP contribution >= 0.6 is 0 Å². The number of hydrogen-bond acceptors (Lipinski definition) is 3. The van der Waals surface area contributed by atoms with E-state index in [1.807, 2.05) is 34.1 Å². The Morgan fingerprint density at radius 2 is 1.28 bits per heavy atom. The molecule has 1 aromatic rings. The summed E-state index contributed by atoms with van der Waals surface area (Å²) in [7, 11) is 0. The first kappa shape index (κ1) is 17.8. The molecule has 0 saturated carbocycles. The predicted octanol–water partition coefficient (Wildman–Crippen LogP) is 3.13. The van der Waals surface area contributed by atoms with Crippen molar-refractivity contribution in [3.05, 3.63) is 29.8 Å². The number of likely N-dealkylation sites (tertiary alicyclic amines) is 2. The van der Waals surface area contributed by atoms with Crippen LogP contribution in [0.15, 0.2) is 24.3 Å². The van der Waals surface area contributed by atoms with Crippen LogP contribution in [0.4, 0.5) is 5.69 Å². The van der Waals surface area contributed by atoms with E-state index in [1.165, 1.54) is 19.3 Å². The van der Waals surface area contributed by atoms with E-state index in [9.17, 15) is 9.59 Å². The first-order valence-electron chi connectivity index (χ1n) is 9.65. The highest BCUT2D eigenvalue weighted by molar-refractivity contribution is 5.94. The largest absolute Gasteiger partial charge is 0.376 e. The summed E-state index contributed by atoms with van der Waals surface area (Å²) in [4.78, 5) is 28.7. The molecule has 0 radical (unpaired) electrons. The molecule has 2 aliphatic rings. The molecule has 0 atom stereocenters. The Labute approximate surface area is 150 Å². The van der Waals surface area contributed by atoms with Crippen LogP contribution in [-0.2, 0) is 4.79 Å². The van der Waals surface area contributed by atoms with Crippen LogP contribution in [0.5, 0.6) is 0 Å². The molecule has 0 bridgehead atoms. The van der Waals surface area contributed by atoms with Crippen molar-refractivity contribution in [1.82, 2.24) is 9.80 Å². The van der Waals surface area contributed by atoms with Gasteiger partial charge in [-0.25, -0.2) is 0 Å². The van der Waals surface area contributed by atoms with Crippen LogP contribution in [0.2, 0.25) is 0 Å². The minimum atomic E-state index is 0.117. The average molecular weight is 343 g/mol. The van der Waals surface area contributed by atoms with E-state index in [4.69, 9.17) is 0 Å². The van der Waals surface area contributed by atoms with Crippen molar-refractivity contribution in [2.75, 3.05) is 38.0 Å². The fraction of sp³-hybridized carbons (Fsp3) is 0.600. The second-order valence-corrected chi connectivity index (χ2v) is 7.08. The van der Waals surface area contributed by atoms with Crippen LogP contribution in [0.3, 0.4) is 0 Å². The van der Waals surface area contributed by atoms with Crippen LogP contribution < -0.4 is 5.32 Å². The van der Waals surface area contributed by atoms with Gasteiger partial charge in [-0.05, 0) is 56.4 Å². The van der Waals surface area contributed by atoms with Gasteiger partial charge in [0.25, 0.3) is 5.91 Å². The maximum absolute atomic E-state index is 12.5. The van der Waals surface area contributed by atoms with Crippen LogP contribution in [-0.4, -0.2) is 54.3 Å². The van der Waals surface area contributed by atoms with Gasteiger partial charge in [0.1, 0.15) is 0 Å². The highest BCUT2D eigenvalue weighted by atomic mass is 16.2. The van der Waals surface area contributed by atoms with Gasteiger partial charge in [-0.3, -0.25) is 9.59 Å². The molecule has 5 heteroatoms. The molecule has 0 spiro atoms. The van der Waals surface area contributed by atoms with Gasteiger partial charge < -0.3 is 15.1 Å². The van der Waals surface area contributed by atoms with Gasteiger partial charge in [0.15, 0.2) is 0 Å². The summed E-state index contributed by atoms with van der Waals surface area (Å²) in [6.07, 6.45) is 8.09. The Bertz CT molecular complexity index is 571. The van der Waals surface area contributed by atoms with E-state index in [1.54, 1.807) is 0 Å². The average Bonchev–Trinajstić information content (AvgIpc) is 2.96. The fourth-order valence-electron chi connectivity index (χ4n) is 3.62. The molecule has 1 aromatic carbocycles. The molecule has 2 fully saturated rings. The van der Waals surface area contributed by atoms with E-state index < -0.39 is 0 Å². The van der Waals surface area contributed by atoms with Crippen molar-refractivity contribution in [1.29, 1.82) is 0 Å². The van der Waals surface area contributed by atoms with Crippen molar-refractivity contribution in [3.8, 4) is 0 Å². The lowest BCUT2D eigenvalue weighted by molar-refractivity contribution is -0.129. The van der Waals surface area contributed by atoms with E-state index >= 15 is 0 Å². The first-order valence-corrected chi connectivity index (χ1v) is 9.65. The normalized spacial score (nSPS) is 18.6. The van der Waals surface area contributed by atoms with Crippen molar-refractivity contribution in [2.45, 2.75) is 44.9 Å². The zero-order valence-corrected chi connectivity index (χ0v) is 15.0. The van der Waals surface area contributed by atoms with Crippen LogP contribution in [0.1, 0.15) is 55.3 Å². The lowest BCUT2D eigenvalue weighted by Gasteiger charge is -2.26. The lowest BCUT2D eigenvalue weighted by atomic mass is 10.1. The Morgan fingerprint density at radius 1 is 0.760 bits per heavy atom. The molecule has 136 valence electrons. The number of anilines is 1. The topological polar surface area (TPSA) is 52.7 Å². The van der Waals surface area contributed by atoms with E-state index in [0.29, 0.717) is 6.54 Å². The summed E-state index contributed by atoms with van der Waals surface area (Å²) >= 11 is 0. The minimum absolute atomic E-state index is 0.117. The number of hydrogen-bond donors (Lipinski definition) is 1. The molecule has 0 unspecified atom stereocenters. The number of nitrogens with one attached hydrogen (secondary N) is 1. The Morgan fingerprint density at radius 3 is 1.88 bits per heavy atom. The highest BCUT2D eigenvalue weighted by Crippen LogP contribution is 2.16. The molecular formula is C20H29N3O2. The second kappa shape index (κ2) is 8.88. The SMILES string of the molecule is O=C(CNc1ccc(C(=O)N2CCCCC2)cc1)N1CCCCCC1. The monoisotopic (exact) mass is 343 g/mol. The molecule has 2 aliphatic heterocycles. The smallest absolute Gasteiger partial charge is 0.253 e. The zero-order chi connectivity index (χ0) is 17.5. The summed E-state index contributed by atoms with van der Waals surface area (Å²) < 4.78 is 0. The number of nitrogens with zero attached hydrogens (tertiary/aromatic N) is 2. The number of carbonyl (C=O) groups is 2. The number of amides is 2. The maximum atomic E-state index is 12.5. The molecule has 2 amide bonds. The summed E-state index contributed by atoms with van der Waals surface area (Å²) in [6, 6.07) is 7.51. The van der Waals surface area contributed by atoms with Gasteiger partial charge in [-0.2, -0.15) is 0 Å².